The van der Waals surface area contributed by atoms with Crippen LogP contribution in [0.2, 0.25) is 0 Å². The minimum absolute atomic E-state index is 0.413. The number of hydrogen-bond donors (Lipinski definition) is 1. The summed E-state index contributed by atoms with van der Waals surface area (Å²) in [4.78, 5) is 11.3. The third-order valence-corrected chi connectivity index (χ3v) is 3.54. The highest BCUT2D eigenvalue weighted by atomic mass is 16.4. The van der Waals surface area contributed by atoms with Crippen molar-refractivity contribution in [2.45, 2.75) is 27.2 Å². The molecule has 2 aromatic rings. The van der Waals surface area contributed by atoms with Crippen LogP contribution in [0.5, 0.6) is 0 Å². The first-order valence-corrected chi connectivity index (χ1v) is 5.79. The van der Waals surface area contributed by atoms with Gasteiger partial charge in [0.25, 0.3) is 0 Å². The summed E-state index contributed by atoms with van der Waals surface area (Å²) in [6.07, 6.45) is 0.738. The summed E-state index contributed by atoms with van der Waals surface area (Å²) >= 11 is 0. The Hall–Kier alpha value is -1.77. The molecule has 0 aliphatic rings. The molecule has 0 saturated heterocycles. The van der Waals surface area contributed by atoms with Crippen LogP contribution in [0.4, 0.5) is 0 Å². The highest BCUT2D eigenvalue weighted by molar-refractivity contribution is 5.99. The van der Waals surface area contributed by atoms with Gasteiger partial charge < -0.3 is 9.67 Å². The Morgan fingerprint density at radius 2 is 2.00 bits per heavy atom. The second kappa shape index (κ2) is 3.91. The van der Waals surface area contributed by atoms with E-state index in [-0.39, 0.29) is 0 Å². The number of rotatable bonds is 2. The zero-order valence-electron chi connectivity index (χ0n) is 10.7. The van der Waals surface area contributed by atoms with Crippen molar-refractivity contribution < 1.29 is 9.90 Å². The number of carboxylic acid groups (broad SMARTS) is 1. The Bertz CT molecular complexity index is 608. The Kier molecular flexibility index (Phi) is 2.69. The van der Waals surface area contributed by atoms with Gasteiger partial charge in [-0.05, 0) is 37.0 Å². The van der Waals surface area contributed by atoms with E-state index in [1.165, 1.54) is 5.56 Å². The van der Waals surface area contributed by atoms with Crippen molar-refractivity contribution in [1.29, 1.82) is 0 Å². The average molecular weight is 231 g/mol. The SMILES string of the molecule is CCc1c(C(=O)O)n(C)c2c(C)c(C)ccc12. The Labute approximate surface area is 101 Å². The Morgan fingerprint density at radius 3 is 2.53 bits per heavy atom. The predicted octanol–water partition coefficient (Wildman–Crippen LogP) is 3.06. The molecule has 0 aliphatic carbocycles. The van der Waals surface area contributed by atoms with Gasteiger partial charge in [0.1, 0.15) is 5.69 Å². The van der Waals surface area contributed by atoms with Crippen molar-refractivity contribution in [3.05, 3.63) is 34.5 Å². The zero-order chi connectivity index (χ0) is 12.7. The van der Waals surface area contributed by atoms with Crippen LogP contribution in [0.3, 0.4) is 0 Å². The highest BCUT2D eigenvalue weighted by Gasteiger charge is 2.20. The van der Waals surface area contributed by atoms with Crippen LogP contribution >= 0.6 is 0 Å². The third kappa shape index (κ3) is 1.54. The van der Waals surface area contributed by atoms with Crippen LogP contribution in [0.15, 0.2) is 12.1 Å². The summed E-state index contributed by atoms with van der Waals surface area (Å²) in [5.41, 5.74) is 4.73. The van der Waals surface area contributed by atoms with Crippen molar-refractivity contribution in [2.75, 3.05) is 0 Å². The number of aryl methyl sites for hydroxylation is 4. The molecule has 1 N–H and O–H groups in total. The summed E-state index contributed by atoms with van der Waals surface area (Å²) in [6, 6.07) is 4.09. The van der Waals surface area contributed by atoms with Gasteiger partial charge in [0, 0.05) is 12.4 Å². The molecule has 17 heavy (non-hydrogen) atoms. The van der Waals surface area contributed by atoms with Gasteiger partial charge in [0.15, 0.2) is 0 Å². The lowest BCUT2D eigenvalue weighted by Crippen LogP contribution is -2.07. The minimum atomic E-state index is -0.849. The predicted molar refractivity (Wildman–Crippen MR) is 68.7 cm³/mol. The molecule has 1 aromatic heterocycles. The average Bonchev–Trinajstić information content (AvgIpc) is 2.57. The van der Waals surface area contributed by atoms with Crippen molar-refractivity contribution >= 4 is 16.9 Å². The lowest BCUT2D eigenvalue weighted by atomic mass is 10.0. The number of carboxylic acids is 1. The maximum atomic E-state index is 11.3. The normalized spacial score (nSPS) is 11.1. The largest absolute Gasteiger partial charge is 0.477 e. The van der Waals surface area contributed by atoms with Crippen LogP contribution < -0.4 is 0 Å². The maximum absolute atomic E-state index is 11.3. The molecule has 0 bridgehead atoms. The molecule has 1 heterocycles. The first kappa shape index (κ1) is 11.7. The van der Waals surface area contributed by atoms with Gasteiger partial charge in [-0.25, -0.2) is 4.79 Å². The molecule has 0 amide bonds. The summed E-state index contributed by atoms with van der Waals surface area (Å²) in [5.74, 6) is -0.849. The van der Waals surface area contributed by atoms with Crippen molar-refractivity contribution in [3.63, 3.8) is 0 Å². The van der Waals surface area contributed by atoms with Gasteiger partial charge >= 0.3 is 5.97 Å². The van der Waals surface area contributed by atoms with Crippen molar-refractivity contribution in [3.8, 4) is 0 Å². The fraction of sp³-hybridized carbons (Fsp3) is 0.357. The topological polar surface area (TPSA) is 42.2 Å². The zero-order valence-corrected chi connectivity index (χ0v) is 10.7. The number of fused-ring (bicyclic) bond motifs is 1. The second-order valence-corrected chi connectivity index (χ2v) is 4.45. The Balaban J connectivity index is 2.99. The fourth-order valence-electron chi connectivity index (χ4n) is 2.55. The van der Waals surface area contributed by atoms with E-state index in [1.54, 1.807) is 4.57 Å². The molecule has 0 radical (unpaired) electrons. The first-order valence-electron chi connectivity index (χ1n) is 5.79. The van der Waals surface area contributed by atoms with Gasteiger partial charge in [-0.3, -0.25) is 0 Å². The molecule has 0 fully saturated rings. The minimum Gasteiger partial charge on any atom is -0.477 e. The van der Waals surface area contributed by atoms with Crippen LogP contribution in [0, 0.1) is 13.8 Å². The van der Waals surface area contributed by atoms with E-state index in [1.807, 2.05) is 33.9 Å². The smallest absolute Gasteiger partial charge is 0.352 e. The van der Waals surface area contributed by atoms with Crippen LogP contribution in [0.1, 0.15) is 34.1 Å². The van der Waals surface area contributed by atoms with E-state index < -0.39 is 5.97 Å². The van der Waals surface area contributed by atoms with Crippen LogP contribution in [-0.4, -0.2) is 15.6 Å². The van der Waals surface area contributed by atoms with E-state index in [2.05, 4.69) is 6.07 Å². The molecule has 0 spiro atoms. The molecule has 0 unspecified atom stereocenters. The van der Waals surface area contributed by atoms with Gasteiger partial charge in [-0.15, -0.1) is 0 Å². The molecule has 0 atom stereocenters. The number of aromatic carboxylic acids is 1. The second-order valence-electron chi connectivity index (χ2n) is 4.45. The molecule has 0 saturated carbocycles. The number of benzene rings is 1. The van der Waals surface area contributed by atoms with Gasteiger partial charge in [0.2, 0.25) is 0 Å². The van der Waals surface area contributed by atoms with Gasteiger partial charge in [-0.1, -0.05) is 19.1 Å². The van der Waals surface area contributed by atoms with E-state index in [9.17, 15) is 9.90 Å². The van der Waals surface area contributed by atoms with Crippen LogP contribution in [0.25, 0.3) is 10.9 Å². The third-order valence-electron chi connectivity index (χ3n) is 3.54. The summed E-state index contributed by atoms with van der Waals surface area (Å²) in [7, 11) is 1.83. The van der Waals surface area contributed by atoms with Gasteiger partial charge in [-0.2, -0.15) is 0 Å². The summed E-state index contributed by atoms with van der Waals surface area (Å²) < 4.78 is 1.80. The van der Waals surface area contributed by atoms with Crippen molar-refractivity contribution in [2.24, 2.45) is 7.05 Å². The van der Waals surface area contributed by atoms with E-state index in [0.717, 1.165) is 28.5 Å². The van der Waals surface area contributed by atoms with Crippen LogP contribution in [-0.2, 0) is 13.5 Å². The van der Waals surface area contributed by atoms with Crippen molar-refractivity contribution in [1.82, 2.24) is 4.57 Å². The molecule has 3 heteroatoms. The molecule has 1 aromatic carbocycles. The molecule has 3 nitrogen and oxygen atoms in total. The summed E-state index contributed by atoms with van der Waals surface area (Å²) in [6.45, 7) is 6.09. The molecule has 2 rings (SSSR count). The first-order chi connectivity index (χ1) is 7.99. The quantitative estimate of drug-likeness (QED) is 0.863. The van der Waals surface area contributed by atoms with E-state index >= 15 is 0 Å². The van der Waals surface area contributed by atoms with E-state index in [4.69, 9.17) is 0 Å². The molecular formula is C14H17NO2. The monoisotopic (exact) mass is 231 g/mol. The molecule has 90 valence electrons. The maximum Gasteiger partial charge on any atom is 0.352 e. The van der Waals surface area contributed by atoms with E-state index in [0.29, 0.717) is 5.69 Å². The Morgan fingerprint density at radius 1 is 1.35 bits per heavy atom. The number of aromatic nitrogens is 1. The fourth-order valence-corrected chi connectivity index (χ4v) is 2.55. The lowest BCUT2D eigenvalue weighted by molar-refractivity contribution is 0.0686. The standard InChI is InChI=1S/C14H17NO2/c1-5-10-11-7-6-8(2)9(3)12(11)15(4)13(10)14(16)17/h6-7H,5H2,1-4H3,(H,16,17). The number of nitrogens with zero attached hydrogens (tertiary/aromatic N) is 1. The molecular weight excluding hydrogens is 214 g/mol. The highest BCUT2D eigenvalue weighted by Crippen LogP contribution is 2.29. The number of carbonyl (C=O) groups is 1. The summed E-state index contributed by atoms with van der Waals surface area (Å²) in [5, 5.41) is 10.4. The lowest BCUT2D eigenvalue weighted by Gasteiger charge is -2.05. The molecule has 0 aliphatic heterocycles. The van der Waals surface area contributed by atoms with Gasteiger partial charge in [0.05, 0.1) is 5.52 Å². The number of hydrogen-bond acceptors (Lipinski definition) is 1.